The van der Waals surface area contributed by atoms with Gasteiger partial charge in [-0.05, 0) is 25.3 Å². The Hall–Kier alpha value is -2.13. The van der Waals surface area contributed by atoms with E-state index < -0.39 is 0 Å². The first kappa shape index (κ1) is 18.2. The van der Waals surface area contributed by atoms with Crippen molar-refractivity contribution in [3.63, 3.8) is 0 Å². The topological polar surface area (TPSA) is 80.4 Å². The highest BCUT2D eigenvalue weighted by molar-refractivity contribution is 8.23. The molecule has 142 valence electrons. The second kappa shape index (κ2) is 7.47. The molecule has 2 bridgehead atoms. The Bertz CT molecular complexity index is 939. The maximum absolute atomic E-state index is 12.1. The van der Waals surface area contributed by atoms with E-state index in [4.69, 9.17) is 16.7 Å². The van der Waals surface area contributed by atoms with Crippen LogP contribution < -0.4 is 10.9 Å². The van der Waals surface area contributed by atoms with Gasteiger partial charge in [-0.3, -0.25) is 9.59 Å². The minimum Gasteiger partial charge on any atom is -0.360 e. The zero-order valence-electron chi connectivity index (χ0n) is 14.9. The lowest BCUT2D eigenvalue weighted by atomic mass is 9.83. The predicted molar refractivity (Wildman–Crippen MR) is 108 cm³/mol. The summed E-state index contributed by atoms with van der Waals surface area (Å²) in [4.78, 5) is 26.4. The van der Waals surface area contributed by atoms with Crippen molar-refractivity contribution >= 4 is 40.0 Å². The summed E-state index contributed by atoms with van der Waals surface area (Å²) in [5.74, 6) is 1.84. The number of hydrogen-bond donors (Lipinski definition) is 1. The number of nitrogens with zero attached hydrogens (tertiary/aromatic N) is 3. The summed E-state index contributed by atoms with van der Waals surface area (Å²) >= 11 is 6.93. The molecule has 0 saturated carbocycles. The van der Waals surface area contributed by atoms with Crippen molar-refractivity contribution in [1.82, 2.24) is 14.6 Å². The summed E-state index contributed by atoms with van der Waals surface area (Å²) in [6.07, 6.45) is 1.08. The third kappa shape index (κ3) is 3.93. The first-order valence-electron chi connectivity index (χ1n) is 8.84. The molecule has 2 aromatic rings. The van der Waals surface area contributed by atoms with Crippen molar-refractivity contribution in [2.75, 3.05) is 24.2 Å². The summed E-state index contributed by atoms with van der Waals surface area (Å²) < 4.78 is 7.56. The van der Waals surface area contributed by atoms with E-state index in [1.165, 1.54) is 11.8 Å². The quantitative estimate of drug-likeness (QED) is 0.786. The second-order valence-corrected chi connectivity index (χ2v) is 8.64. The summed E-state index contributed by atoms with van der Waals surface area (Å²) in [5.41, 5.74) is 1.17. The third-order valence-corrected chi connectivity index (χ3v) is 6.48. The van der Waals surface area contributed by atoms with Crippen LogP contribution in [0.15, 0.2) is 33.6 Å². The molecule has 2 atom stereocenters. The minimum atomic E-state index is -0.162. The molecule has 2 aliphatic rings. The van der Waals surface area contributed by atoms with E-state index >= 15 is 0 Å². The van der Waals surface area contributed by atoms with Gasteiger partial charge in [0.1, 0.15) is 10.1 Å². The highest BCUT2D eigenvalue weighted by Gasteiger charge is 2.35. The number of fused-ring (bicyclic) bond motifs is 4. The van der Waals surface area contributed by atoms with Crippen molar-refractivity contribution in [3.05, 3.63) is 46.1 Å². The van der Waals surface area contributed by atoms with Crippen LogP contribution in [0.4, 0.5) is 5.82 Å². The van der Waals surface area contributed by atoms with Crippen molar-refractivity contribution < 1.29 is 9.32 Å². The molecule has 2 aromatic heterocycles. The molecule has 1 saturated heterocycles. The first-order valence-corrected chi connectivity index (χ1v) is 10.2. The van der Waals surface area contributed by atoms with Crippen molar-refractivity contribution in [2.24, 2.45) is 5.92 Å². The normalized spacial score (nSPS) is 20.9. The van der Waals surface area contributed by atoms with Gasteiger partial charge in [-0.2, -0.15) is 0 Å². The van der Waals surface area contributed by atoms with Crippen LogP contribution in [0.2, 0.25) is 0 Å². The Labute approximate surface area is 166 Å². The molecule has 27 heavy (non-hydrogen) atoms. The van der Waals surface area contributed by atoms with E-state index in [1.807, 2.05) is 16.7 Å². The SMILES string of the molecule is Cc1cc(NC(=O)CSC(=S)N2C[C@H]3C[C@@H](C2)c2cccc(=O)n2C3)no1. The van der Waals surface area contributed by atoms with Gasteiger partial charge in [0.05, 0.1) is 5.75 Å². The molecule has 0 spiro atoms. The molecule has 2 aliphatic heterocycles. The van der Waals surface area contributed by atoms with Gasteiger partial charge in [-0.25, -0.2) is 0 Å². The van der Waals surface area contributed by atoms with E-state index in [2.05, 4.69) is 15.4 Å². The van der Waals surface area contributed by atoms with Crippen molar-refractivity contribution in [1.29, 1.82) is 0 Å². The number of carbonyl (C=O) groups excluding carboxylic acids is 1. The number of amides is 1. The van der Waals surface area contributed by atoms with E-state index in [0.29, 0.717) is 23.4 Å². The number of likely N-dealkylation sites (tertiary alicyclic amines) is 1. The molecule has 4 rings (SSSR count). The number of anilines is 1. The van der Waals surface area contributed by atoms with E-state index in [9.17, 15) is 9.59 Å². The molecule has 0 aromatic carbocycles. The molecule has 1 fully saturated rings. The lowest BCUT2D eigenvalue weighted by molar-refractivity contribution is -0.113. The number of pyridine rings is 1. The number of carbonyl (C=O) groups is 1. The number of aromatic nitrogens is 2. The maximum Gasteiger partial charge on any atom is 0.250 e. The molecule has 0 radical (unpaired) electrons. The highest BCUT2D eigenvalue weighted by atomic mass is 32.2. The van der Waals surface area contributed by atoms with Crippen LogP contribution in [0.1, 0.15) is 23.8 Å². The molecule has 1 amide bonds. The van der Waals surface area contributed by atoms with Crippen LogP contribution in [0, 0.1) is 12.8 Å². The van der Waals surface area contributed by atoms with Gasteiger partial charge < -0.3 is 19.3 Å². The predicted octanol–water partition coefficient (Wildman–Crippen LogP) is 2.22. The van der Waals surface area contributed by atoms with Crippen molar-refractivity contribution in [2.45, 2.75) is 25.8 Å². The Morgan fingerprint density at radius 2 is 2.26 bits per heavy atom. The third-order valence-electron chi connectivity index (χ3n) is 4.96. The van der Waals surface area contributed by atoms with Crippen LogP contribution in [0.3, 0.4) is 0 Å². The average molecular weight is 405 g/mol. The van der Waals surface area contributed by atoms with Gasteiger partial charge >= 0.3 is 0 Å². The zero-order chi connectivity index (χ0) is 19.0. The van der Waals surface area contributed by atoms with Gasteiger partial charge in [0.15, 0.2) is 5.82 Å². The van der Waals surface area contributed by atoms with E-state index in [-0.39, 0.29) is 17.2 Å². The fraction of sp³-hybridized carbons (Fsp3) is 0.444. The molecule has 4 heterocycles. The number of rotatable bonds is 3. The Kier molecular flexibility index (Phi) is 5.05. The molecule has 1 N–H and O–H groups in total. The van der Waals surface area contributed by atoms with Gasteiger partial charge in [-0.1, -0.05) is 35.2 Å². The second-order valence-electron chi connectivity index (χ2n) is 7.03. The Morgan fingerprint density at radius 1 is 1.41 bits per heavy atom. The molecule has 7 nitrogen and oxygen atoms in total. The zero-order valence-corrected chi connectivity index (χ0v) is 16.5. The number of aryl methyl sites for hydroxylation is 1. The largest absolute Gasteiger partial charge is 0.360 e. The lowest BCUT2D eigenvalue weighted by Gasteiger charge is -2.43. The molecular formula is C18H20N4O3S2. The summed E-state index contributed by atoms with van der Waals surface area (Å²) in [5, 5.41) is 6.45. The molecule has 9 heteroatoms. The maximum atomic E-state index is 12.1. The smallest absolute Gasteiger partial charge is 0.250 e. The fourth-order valence-electron chi connectivity index (χ4n) is 3.87. The Balaban J connectivity index is 1.35. The average Bonchev–Trinajstić information content (AvgIpc) is 3.05. The molecule has 0 unspecified atom stereocenters. The highest BCUT2D eigenvalue weighted by Crippen LogP contribution is 2.35. The van der Waals surface area contributed by atoms with Crippen LogP contribution in [-0.4, -0.2) is 43.7 Å². The standard InChI is InChI=1S/C18H20N4O3S2/c1-11-5-15(20-25-11)19-16(23)10-27-18(26)21-7-12-6-13(9-21)14-3-2-4-17(24)22(14)8-12/h2-5,12-13H,6-10H2,1H3,(H,19,20,23)/t12-,13+/m1/s1. The van der Waals surface area contributed by atoms with Crippen LogP contribution >= 0.6 is 24.0 Å². The van der Waals surface area contributed by atoms with Gasteiger partial charge in [0, 0.05) is 43.4 Å². The number of hydrogen-bond acceptors (Lipinski definition) is 6. The Morgan fingerprint density at radius 3 is 3.04 bits per heavy atom. The van der Waals surface area contributed by atoms with Crippen LogP contribution in [0.5, 0.6) is 0 Å². The van der Waals surface area contributed by atoms with Gasteiger partial charge in [-0.15, -0.1) is 0 Å². The summed E-state index contributed by atoms with van der Waals surface area (Å²) in [6, 6.07) is 7.16. The fourth-order valence-corrected chi connectivity index (χ4v) is 4.85. The monoisotopic (exact) mass is 404 g/mol. The van der Waals surface area contributed by atoms with E-state index in [0.717, 1.165) is 36.1 Å². The van der Waals surface area contributed by atoms with Crippen molar-refractivity contribution in [3.8, 4) is 0 Å². The summed E-state index contributed by atoms with van der Waals surface area (Å²) in [7, 11) is 0. The lowest BCUT2D eigenvalue weighted by Crippen LogP contribution is -2.48. The first-order chi connectivity index (χ1) is 13.0. The van der Waals surface area contributed by atoms with E-state index in [1.54, 1.807) is 19.1 Å². The minimum absolute atomic E-state index is 0.0763. The molecular weight excluding hydrogens is 384 g/mol. The number of nitrogens with one attached hydrogen (secondary N) is 1. The van der Waals surface area contributed by atoms with Gasteiger partial charge in [0.2, 0.25) is 5.91 Å². The van der Waals surface area contributed by atoms with Crippen LogP contribution in [-0.2, 0) is 11.3 Å². The number of piperidine rings is 1. The summed E-state index contributed by atoms with van der Waals surface area (Å²) in [6.45, 7) is 4.12. The van der Waals surface area contributed by atoms with Crippen LogP contribution in [0.25, 0.3) is 0 Å². The number of thiocarbonyl (C=S) groups is 1. The molecule has 0 aliphatic carbocycles. The van der Waals surface area contributed by atoms with Gasteiger partial charge in [0.25, 0.3) is 5.56 Å². The number of thioether (sulfide) groups is 1.